The molecule has 0 aliphatic heterocycles. The molecule has 0 aromatic carbocycles. The summed E-state index contributed by atoms with van der Waals surface area (Å²) in [5.41, 5.74) is 6.21. The molecule has 0 aliphatic rings. The van der Waals surface area contributed by atoms with Gasteiger partial charge in [0.25, 0.3) is 0 Å². The number of nitrogens with two attached hydrogens (primary N) is 1. The number of halogens is 3. The summed E-state index contributed by atoms with van der Waals surface area (Å²) in [6.45, 7) is 2.19. The third kappa shape index (κ3) is 4.99. The highest BCUT2D eigenvalue weighted by atomic mass is 19.4. The highest BCUT2D eigenvalue weighted by Crippen LogP contribution is 2.17. The maximum atomic E-state index is 11.9. The van der Waals surface area contributed by atoms with Gasteiger partial charge in [-0.25, -0.2) is 9.97 Å². The van der Waals surface area contributed by atoms with Gasteiger partial charge in [-0.2, -0.15) is 13.2 Å². The van der Waals surface area contributed by atoms with Gasteiger partial charge in [-0.3, -0.25) is 0 Å². The molecule has 1 aromatic rings. The molecule has 7 heteroatoms. The number of nitrogen functional groups attached to an aromatic ring is 1. The fourth-order valence-electron chi connectivity index (χ4n) is 1.16. The van der Waals surface area contributed by atoms with E-state index in [0.29, 0.717) is 5.69 Å². The van der Waals surface area contributed by atoms with E-state index in [1.54, 1.807) is 6.07 Å². The number of hydrogen-bond donors (Lipinski definition) is 1. The summed E-state index contributed by atoms with van der Waals surface area (Å²) in [6.07, 6.45) is -4.35. The second-order valence-corrected chi connectivity index (χ2v) is 3.90. The van der Waals surface area contributed by atoms with Crippen molar-refractivity contribution in [2.24, 2.45) is 0 Å². The zero-order chi connectivity index (χ0) is 13.1. The van der Waals surface area contributed by atoms with Crippen molar-refractivity contribution >= 4 is 5.82 Å². The van der Waals surface area contributed by atoms with Crippen molar-refractivity contribution in [1.82, 2.24) is 9.97 Å². The maximum Gasteiger partial charge on any atom is 0.411 e. The molecule has 0 unspecified atom stereocenters. The highest BCUT2D eigenvalue weighted by Gasteiger charge is 2.27. The largest absolute Gasteiger partial charge is 0.411 e. The second kappa shape index (κ2) is 5.31. The Morgan fingerprint density at radius 2 is 2.00 bits per heavy atom. The van der Waals surface area contributed by atoms with Gasteiger partial charge in [-0.1, -0.05) is 13.8 Å². The Morgan fingerprint density at radius 1 is 1.35 bits per heavy atom. The number of alkyl halides is 3. The van der Waals surface area contributed by atoms with E-state index in [0.717, 1.165) is 0 Å². The smallest absolute Gasteiger partial charge is 0.384 e. The molecule has 96 valence electrons. The van der Waals surface area contributed by atoms with Gasteiger partial charge >= 0.3 is 6.18 Å². The minimum atomic E-state index is -4.35. The van der Waals surface area contributed by atoms with E-state index < -0.39 is 12.8 Å². The Hall–Kier alpha value is -1.37. The topological polar surface area (TPSA) is 61.0 Å². The predicted octanol–water partition coefficient (Wildman–Crippen LogP) is 2.26. The molecule has 0 radical (unpaired) electrons. The highest BCUT2D eigenvalue weighted by molar-refractivity contribution is 5.30. The lowest BCUT2D eigenvalue weighted by molar-refractivity contribution is -0.177. The summed E-state index contributed by atoms with van der Waals surface area (Å²) in [4.78, 5) is 7.88. The molecule has 0 saturated carbocycles. The zero-order valence-electron chi connectivity index (χ0n) is 9.58. The lowest BCUT2D eigenvalue weighted by atomic mass is 10.1. The number of ether oxygens (including phenoxy) is 1. The fourth-order valence-corrected chi connectivity index (χ4v) is 1.16. The Kier molecular flexibility index (Phi) is 4.28. The molecule has 0 saturated heterocycles. The van der Waals surface area contributed by atoms with Crippen LogP contribution in [0.2, 0.25) is 0 Å². The van der Waals surface area contributed by atoms with Crippen molar-refractivity contribution in [2.75, 3.05) is 12.3 Å². The molecule has 0 aliphatic carbocycles. The number of rotatable bonds is 4. The normalized spacial score (nSPS) is 12.1. The number of hydrogen-bond acceptors (Lipinski definition) is 4. The van der Waals surface area contributed by atoms with Gasteiger partial charge < -0.3 is 10.5 Å². The molecule has 17 heavy (non-hydrogen) atoms. The first-order valence-corrected chi connectivity index (χ1v) is 5.06. The van der Waals surface area contributed by atoms with Crippen LogP contribution in [0.5, 0.6) is 0 Å². The zero-order valence-corrected chi connectivity index (χ0v) is 9.58. The van der Waals surface area contributed by atoms with Crippen LogP contribution in [0.1, 0.15) is 31.3 Å². The molecule has 1 aromatic heterocycles. The Bertz CT molecular complexity index is 380. The summed E-state index contributed by atoms with van der Waals surface area (Å²) in [5.74, 6) is 0.522. The average molecular weight is 249 g/mol. The maximum absolute atomic E-state index is 11.9. The first-order chi connectivity index (χ1) is 7.78. The quantitative estimate of drug-likeness (QED) is 0.889. The van der Waals surface area contributed by atoms with Crippen molar-refractivity contribution in [1.29, 1.82) is 0 Å². The molecule has 0 bridgehead atoms. The third-order valence-corrected chi connectivity index (χ3v) is 1.90. The van der Waals surface area contributed by atoms with Gasteiger partial charge in [0.1, 0.15) is 19.0 Å². The van der Waals surface area contributed by atoms with Gasteiger partial charge in [0, 0.05) is 11.8 Å². The van der Waals surface area contributed by atoms with E-state index in [9.17, 15) is 13.2 Å². The third-order valence-electron chi connectivity index (χ3n) is 1.90. The SMILES string of the molecule is CC(C)c1cc(N)nc(COCC(F)(F)F)n1. The molecule has 0 atom stereocenters. The Labute approximate surface area is 97.0 Å². The average Bonchev–Trinajstić information content (AvgIpc) is 2.14. The number of aromatic nitrogens is 2. The van der Waals surface area contributed by atoms with Crippen LogP contribution in [0.25, 0.3) is 0 Å². The molecule has 0 fully saturated rings. The molecule has 0 spiro atoms. The van der Waals surface area contributed by atoms with Gasteiger partial charge in [0.15, 0.2) is 5.82 Å². The van der Waals surface area contributed by atoms with Crippen LogP contribution in [-0.4, -0.2) is 22.8 Å². The molecule has 1 heterocycles. The van der Waals surface area contributed by atoms with Crippen molar-refractivity contribution in [3.05, 3.63) is 17.6 Å². The molecular formula is C10H14F3N3O. The van der Waals surface area contributed by atoms with Crippen LogP contribution in [-0.2, 0) is 11.3 Å². The number of nitrogens with zero attached hydrogens (tertiary/aromatic N) is 2. The first kappa shape index (κ1) is 13.7. The molecule has 4 nitrogen and oxygen atoms in total. The first-order valence-electron chi connectivity index (χ1n) is 5.06. The van der Waals surface area contributed by atoms with Gasteiger partial charge in [-0.15, -0.1) is 0 Å². The van der Waals surface area contributed by atoms with Crippen molar-refractivity contribution in [2.45, 2.75) is 32.5 Å². The van der Waals surface area contributed by atoms with Crippen LogP contribution in [0.4, 0.5) is 19.0 Å². The Balaban J connectivity index is 2.65. The van der Waals surface area contributed by atoms with E-state index >= 15 is 0 Å². The van der Waals surface area contributed by atoms with Crippen molar-refractivity contribution in [3.8, 4) is 0 Å². The van der Waals surface area contributed by atoms with E-state index in [4.69, 9.17) is 5.73 Å². The monoisotopic (exact) mass is 249 g/mol. The lowest BCUT2D eigenvalue weighted by Crippen LogP contribution is -2.17. The van der Waals surface area contributed by atoms with Gasteiger partial charge in [-0.05, 0) is 5.92 Å². The van der Waals surface area contributed by atoms with Crippen molar-refractivity contribution < 1.29 is 17.9 Å². The molecule has 2 N–H and O–H groups in total. The van der Waals surface area contributed by atoms with Crippen LogP contribution in [0, 0.1) is 0 Å². The summed E-state index contributed by atoms with van der Waals surface area (Å²) >= 11 is 0. The van der Waals surface area contributed by atoms with E-state index in [2.05, 4.69) is 14.7 Å². The lowest BCUT2D eigenvalue weighted by Gasteiger charge is -2.09. The van der Waals surface area contributed by atoms with Gasteiger partial charge in [0.2, 0.25) is 0 Å². The van der Waals surface area contributed by atoms with Crippen LogP contribution < -0.4 is 5.73 Å². The van der Waals surface area contributed by atoms with Crippen LogP contribution >= 0.6 is 0 Å². The molecule has 1 rings (SSSR count). The minimum Gasteiger partial charge on any atom is -0.384 e. The Morgan fingerprint density at radius 3 is 2.53 bits per heavy atom. The van der Waals surface area contributed by atoms with Crippen LogP contribution in [0.15, 0.2) is 6.07 Å². The summed E-state index contributed by atoms with van der Waals surface area (Å²) in [7, 11) is 0. The van der Waals surface area contributed by atoms with E-state index in [1.807, 2.05) is 13.8 Å². The molecular weight excluding hydrogens is 235 g/mol. The van der Waals surface area contributed by atoms with Crippen molar-refractivity contribution in [3.63, 3.8) is 0 Å². The summed E-state index contributed by atoms with van der Waals surface area (Å²) < 4.78 is 40.0. The number of anilines is 1. The second-order valence-electron chi connectivity index (χ2n) is 3.90. The standard InChI is InChI=1S/C10H14F3N3O/c1-6(2)7-3-8(14)16-9(15-7)4-17-5-10(11,12)13/h3,6H,4-5H2,1-2H3,(H2,14,15,16). The molecule has 0 amide bonds. The van der Waals surface area contributed by atoms with E-state index in [-0.39, 0.29) is 24.2 Å². The summed E-state index contributed by atoms with van der Waals surface area (Å²) in [5, 5.41) is 0. The fraction of sp³-hybridized carbons (Fsp3) is 0.600. The minimum absolute atomic E-state index is 0.127. The summed E-state index contributed by atoms with van der Waals surface area (Å²) in [6, 6.07) is 1.60. The van der Waals surface area contributed by atoms with Crippen LogP contribution in [0.3, 0.4) is 0 Å². The van der Waals surface area contributed by atoms with Gasteiger partial charge in [0.05, 0.1) is 0 Å². The predicted molar refractivity (Wildman–Crippen MR) is 56.2 cm³/mol. The van der Waals surface area contributed by atoms with E-state index in [1.165, 1.54) is 0 Å².